The van der Waals surface area contributed by atoms with Gasteiger partial charge < -0.3 is 30.5 Å². The van der Waals surface area contributed by atoms with E-state index in [2.05, 4.69) is 10.6 Å². The van der Waals surface area contributed by atoms with Crippen LogP contribution in [0, 0.1) is 6.92 Å². The number of rotatable bonds is 12. The molecule has 10 heteroatoms. The Morgan fingerprint density at radius 2 is 1.79 bits per heavy atom. The van der Waals surface area contributed by atoms with Gasteiger partial charge in [-0.1, -0.05) is 36.4 Å². The molecule has 0 aliphatic rings. The molecule has 208 valence electrons. The average molecular weight is 546 g/mol. The molecule has 2 atom stereocenters. The first-order valence-electron chi connectivity index (χ1n) is 12.5. The van der Waals surface area contributed by atoms with E-state index in [9.17, 15) is 24.6 Å². The number of alkyl carbamates (subject to hydrolysis) is 1. The Kier molecular flexibility index (Phi) is 11.9. The van der Waals surface area contributed by atoms with Crippen LogP contribution in [0.1, 0.15) is 49.9 Å². The molecule has 0 aliphatic carbocycles. The second kappa shape index (κ2) is 14.6. The van der Waals surface area contributed by atoms with Gasteiger partial charge in [-0.3, -0.25) is 9.59 Å². The normalized spacial score (nSPS) is 12.8. The molecule has 2 unspecified atom stereocenters. The minimum absolute atomic E-state index is 0.0571. The van der Waals surface area contributed by atoms with Crippen molar-refractivity contribution in [3.63, 3.8) is 0 Å². The Morgan fingerprint density at radius 3 is 2.37 bits per heavy atom. The van der Waals surface area contributed by atoms with Crippen LogP contribution in [0.15, 0.2) is 48.5 Å². The molecule has 0 saturated heterocycles. The van der Waals surface area contributed by atoms with E-state index in [-0.39, 0.29) is 18.8 Å². The summed E-state index contributed by atoms with van der Waals surface area (Å²) < 4.78 is 5.36. The van der Waals surface area contributed by atoms with Gasteiger partial charge in [-0.2, -0.15) is 11.8 Å². The highest BCUT2D eigenvalue weighted by atomic mass is 32.2. The summed E-state index contributed by atoms with van der Waals surface area (Å²) in [5.74, 6) is -0.352. The van der Waals surface area contributed by atoms with Crippen LogP contribution in [0.3, 0.4) is 0 Å². The van der Waals surface area contributed by atoms with Crippen molar-refractivity contribution in [3.8, 4) is 5.75 Å². The molecule has 0 aliphatic heterocycles. The number of nitrogens with one attached hydrogen (secondary N) is 2. The molecule has 0 spiro atoms. The summed E-state index contributed by atoms with van der Waals surface area (Å²) >= 11 is 1.51. The molecule has 0 heterocycles. The number of carbonyl (C=O) groups excluding carboxylic acids is 3. The third-order valence-corrected chi connectivity index (χ3v) is 6.27. The van der Waals surface area contributed by atoms with Crippen LogP contribution in [-0.4, -0.2) is 69.8 Å². The van der Waals surface area contributed by atoms with Gasteiger partial charge >= 0.3 is 6.09 Å². The zero-order valence-corrected chi connectivity index (χ0v) is 23.5. The summed E-state index contributed by atoms with van der Waals surface area (Å²) in [6.07, 6.45) is 1.44. The number of phenolic OH excluding ortho intramolecular Hbond substituents is 1. The van der Waals surface area contributed by atoms with Crippen LogP contribution in [0.5, 0.6) is 5.75 Å². The lowest BCUT2D eigenvalue weighted by Crippen LogP contribution is -2.53. The third-order valence-electron chi connectivity index (χ3n) is 5.63. The van der Waals surface area contributed by atoms with E-state index < -0.39 is 42.2 Å². The van der Waals surface area contributed by atoms with Gasteiger partial charge in [0.1, 0.15) is 23.4 Å². The number of nitrogens with zero attached hydrogens (tertiary/aromatic N) is 1. The lowest BCUT2D eigenvalue weighted by atomic mass is 10.00. The maximum atomic E-state index is 13.9. The second-order valence-corrected chi connectivity index (χ2v) is 10.9. The smallest absolute Gasteiger partial charge is 0.408 e. The van der Waals surface area contributed by atoms with Gasteiger partial charge in [0.25, 0.3) is 0 Å². The maximum Gasteiger partial charge on any atom is 0.408 e. The van der Waals surface area contributed by atoms with Crippen LogP contribution in [0.4, 0.5) is 4.79 Å². The van der Waals surface area contributed by atoms with E-state index in [1.165, 1.54) is 22.7 Å². The van der Waals surface area contributed by atoms with Crippen LogP contribution >= 0.6 is 11.8 Å². The number of ether oxygens (including phenoxy) is 1. The number of thioether (sulfide) groups is 1. The monoisotopic (exact) mass is 545 g/mol. The molecule has 38 heavy (non-hydrogen) atoms. The van der Waals surface area contributed by atoms with Crippen molar-refractivity contribution in [2.45, 2.75) is 58.3 Å². The summed E-state index contributed by atoms with van der Waals surface area (Å²) in [5, 5.41) is 25.5. The van der Waals surface area contributed by atoms with Crippen molar-refractivity contribution >= 4 is 29.7 Å². The average Bonchev–Trinajstić information content (AvgIpc) is 2.86. The number of phenols is 1. The standard InChI is InChI=1S/C28H39N3O6S/c1-19-17-21(11-12-23(19)33)24(25(34)29-18-20-9-7-6-8-10-20)31(14-15-32)26(35)22(13-16-38-5)30-27(36)37-28(2,3)4/h6-12,17,22,24,32-33H,13-16,18H2,1-5H3,(H,29,34)(H,30,36). The zero-order chi connectivity index (χ0) is 28.3. The first-order valence-corrected chi connectivity index (χ1v) is 13.9. The molecule has 0 bridgehead atoms. The van der Waals surface area contributed by atoms with Crippen LogP contribution < -0.4 is 10.6 Å². The number of aliphatic hydroxyl groups is 1. The molecule has 0 fully saturated rings. The molecular weight excluding hydrogens is 506 g/mol. The molecule has 2 aromatic rings. The SMILES string of the molecule is CSCCC(NC(=O)OC(C)(C)C)C(=O)N(CCO)C(C(=O)NCc1ccccc1)c1ccc(O)c(C)c1. The third kappa shape index (κ3) is 9.57. The number of aromatic hydroxyl groups is 1. The minimum Gasteiger partial charge on any atom is -0.508 e. The second-order valence-electron chi connectivity index (χ2n) is 9.89. The van der Waals surface area contributed by atoms with Gasteiger partial charge in [-0.25, -0.2) is 4.79 Å². The number of aliphatic hydroxyl groups excluding tert-OH is 1. The fraction of sp³-hybridized carbons (Fsp3) is 0.464. The number of amides is 3. The zero-order valence-electron chi connectivity index (χ0n) is 22.7. The molecule has 2 rings (SSSR count). The van der Waals surface area contributed by atoms with E-state index in [0.29, 0.717) is 23.3 Å². The summed E-state index contributed by atoms with van der Waals surface area (Å²) in [6.45, 7) is 6.57. The Morgan fingerprint density at radius 1 is 1.11 bits per heavy atom. The topological polar surface area (TPSA) is 128 Å². The molecule has 2 aromatic carbocycles. The fourth-order valence-electron chi connectivity index (χ4n) is 3.82. The summed E-state index contributed by atoms with van der Waals surface area (Å²) in [7, 11) is 0. The van der Waals surface area contributed by atoms with Gasteiger partial charge in [0.05, 0.1) is 6.61 Å². The van der Waals surface area contributed by atoms with Gasteiger partial charge in [0, 0.05) is 13.1 Å². The first kappa shape index (κ1) is 31.0. The molecule has 0 saturated carbocycles. The highest BCUT2D eigenvalue weighted by molar-refractivity contribution is 7.98. The lowest BCUT2D eigenvalue weighted by molar-refractivity contribution is -0.143. The van der Waals surface area contributed by atoms with Gasteiger partial charge in [0.2, 0.25) is 11.8 Å². The minimum atomic E-state index is -1.12. The predicted molar refractivity (Wildman–Crippen MR) is 149 cm³/mol. The predicted octanol–water partition coefficient (Wildman–Crippen LogP) is 3.53. The van der Waals surface area contributed by atoms with Gasteiger partial charge in [-0.15, -0.1) is 0 Å². The Balaban J connectivity index is 2.44. The Hall–Kier alpha value is -3.24. The highest BCUT2D eigenvalue weighted by Gasteiger charge is 2.36. The van der Waals surface area contributed by atoms with E-state index >= 15 is 0 Å². The van der Waals surface area contributed by atoms with Crippen molar-refractivity contribution in [3.05, 3.63) is 65.2 Å². The van der Waals surface area contributed by atoms with E-state index in [4.69, 9.17) is 4.74 Å². The van der Waals surface area contributed by atoms with Crippen molar-refractivity contribution in [1.82, 2.24) is 15.5 Å². The Bertz CT molecular complexity index is 1070. The van der Waals surface area contributed by atoms with E-state index in [1.807, 2.05) is 36.6 Å². The molecule has 0 aromatic heterocycles. The molecular formula is C28H39N3O6S. The van der Waals surface area contributed by atoms with Crippen molar-refractivity contribution < 1.29 is 29.3 Å². The van der Waals surface area contributed by atoms with E-state index in [0.717, 1.165) is 5.56 Å². The van der Waals surface area contributed by atoms with Crippen molar-refractivity contribution in [1.29, 1.82) is 0 Å². The fourth-order valence-corrected chi connectivity index (χ4v) is 4.29. The van der Waals surface area contributed by atoms with Crippen molar-refractivity contribution in [2.24, 2.45) is 0 Å². The van der Waals surface area contributed by atoms with Gasteiger partial charge in [0.15, 0.2) is 0 Å². The number of hydrogen-bond donors (Lipinski definition) is 4. The van der Waals surface area contributed by atoms with Crippen molar-refractivity contribution in [2.75, 3.05) is 25.2 Å². The van der Waals surface area contributed by atoms with Gasteiger partial charge in [-0.05, 0) is 74.9 Å². The summed E-state index contributed by atoms with van der Waals surface area (Å²) in [5.41, 5.74) is 1.12. The number of aryl methyl sites for hydroxylation is 1. The number of hydrogen-bond acceptors (Lipinski definition) is 7. The lowest BCUT2D eigenvalue weighted by Gasteiger charge is -2.34. The highest BCUT2D eigenvalue weighted by Crippen LogP contribution is 2.27. The maximum absolute atomic E-state index is 13.9. The molecule has 9 nitrogen and oxygen atoms in total. The molecule has 0 radical (unpaired) electrons. The quantitative estimate of drug-likeness (QED) is 0.321. The van der Waals surface area contributed by atoms with Crippen LogP contribution in [-0.2, 0) is 20.9 Å². The first-order chi connectivity index (χ1) is 18.0. The Labute approximate surface area is 228 Å². The molecule has 4 N–H and O–H groups in total. The number of carbonyl (C=O) groups is 3. The number of benzene rings is 2. The largest absolute Gasteiger partial charge is 0.508 e. The molecule has 3 amide bonds. The van der Waals surface area contributed by atoms with Crippen LogP contribution in [0.2, 0.25) is 0 Å². The van der Waals surface area contributed by atoms with Crippen LogP contribution in [0.25, 0.3) is 0 Å². The summed E-state index contributed by atoms with van der Waals surface area (Å²) in [4.78, 5) is 41.3. The summed E-state index contributed by atoms with van der Waals surface area (Å²) in [6, 6.07) is 11.9. The van der Waals surface area contributed by atoms with E-state index in [1.54, 1.807) is 39.8 Å².